The largest absolute Gasteiger partial charge is 0.393 e. The zero-order chi connectivity index (χ0) is 7.98. The van der Waals surface area contributed by atoms with E-state index in [1.807, 2.05) is 10.2 Å². The smallest absolute Gasteiger partial charge is 0.0600 e. The lowest BCUT2D eigenvalue weighted by atomic mass is 10.00. The van der Waals surface area contributed by atoms with E-state index in [-0.39, 0.29) is 6.10 Å². The van der Waals surface area contributed by atoms with Gasteiger partial charge in [-0.1, -0.05) is 48.9 Å². The number of hydrogen-bond acceptors (Lipinski definition) is 1. The first-order valence-corrected chi connectivity index (χ1v) is 4.90. The van der Waals surface area contributed by atoms with Gasteiger partial charge in [0.15, 0.2) is 0 Å². The van der Waals surface area contributed by atoms with E-state index in [9.17, 15) is 5.11 Å². The molecule has 1 nitrogen and oxygen atoms in total. The molecule has 0 aromatic rings. The van der Waals surface area contributed by atoms with Crippen molar-refractivity contribution in [2.45, 2.75) is 32.8 Å². The zero-order valence-electron chi connectivity index (χ0n) is 6.55. The molecule has 2 heteroatoms. The van der Waals surface area contributed by atoms with Gasteiger partial charge in [-0.15, -0.1) is 0 Å². The lowest BCUT2D eigenvalue weighted by molar-refractivity contribution is 0.117. The van der Waals surface area contributed by atoms with Gasteiger partial charge in [0.2, 0.25) is 0 Å². The van der Waals surface area contributed by atoms with Gasteiger partial charge in [0.05, 0.1) is 6.10 Å². The molecule has 0 saturated carbocycles. The van der Waals surface area contributed by atoms with Crippen LogP contribution in [-0.2, 0) is 0 Å². The Morgan fingerprint density at radius 1 is 1.60 bits per heavy atom. The summed E-state index contributed by atoms with van der Waals surface area (Å²) < 4.78 is 1.95. The Labute approximate surface area is 76.7 Å². The predicted octanol–water partition coefficient (Wildman–Crippen LogP) is 2.73. The maximum absolute atomic E-state index is 9.39. The first-order valence-electron chi connectivity index (χ1n) is 3.65. The van der Waals surface area contributed by atoms with Crippen molar-refractivity contribution in [2.24, 2.45) is 5.92 Å². The van der Waals surface area contributed by atoms with Crippen LogP contribution in [0, 0.1) is 5.92 Å². The summed E-state index contributed by atoms with van der Waals surface area (Å²) in [6.45, 7) is 4.17. The van der Waals surface area contributed by atoms with E-state index in [1.165, 1.54) is 0 Å². The maximum atomic E-state index is 9.39. The van der Waals surface area contributed by atoms with Crippen LogP contribution in [0.4, 0.5) is 0 Å². The summed E-state index contributed by atoms with van der Waals surface area (Å²) in [6, 6.07) is 0. The topological polar surface area (TPSA) is 20.2 Å². The van der Waals surface area contributed by atoms with Crippen LogP contribution in [0.5, 0.6) is 0 Å². The molecule has 0 heterocycles. The minimum Gasteiger partial charge on any atom is -0.393 e. The van der Waals surface area contributed by atoms with E-state index in [4.69, 9.17) is 0 Å². The third-order valence-electron chi connectivity index (χ3n) is 1.77. The molecule has 0 fully saturated rings. The molecular formula is C8H15IO. The van der Waals surface area contributed by atoms with Gasteiger partial charge in [-0.25, -0.2) is 0 Å². The van der Waals surface area contributed by atoms with Gasteiger partial charge in [-0.2, -0.15) is 0 Å². The molecule has 0 spiro atoms. The number of halogens is 1. The van der Waals surface area contributed by atoms with Crippen LogP contribution in [0.1, 0.15) is 26.7 Å². The normalized spacial score (nSPS) is 17.6. The molecule has 0 rings (SSSR count). The average Bonchev–Trinajstić information content (AvgIpc) is 1.98. The van der Waals surface area contributed by atoms with Crippen LogP contribution >= 0.6 is 22.6 Å². The zero-order valence-corrected chi connectivity index (χ0v) is 8.71. The fraction of sp³-hybridized carbons (Fsp3) is 0.750. The van der Waals surface area contributed by atoms with Gasteiger partial charge in [-0.05, 0) is 16.4 Å². The molecule has 2 atom stereocenters. The van der Waals surface area contributed by atoms with Crippen LogP contribution in [0.25, 0.3) is 0 Å². The summed E-state index contributed by atoms with van der Waals surface area (Å²) >= 11 is 2.16. The van der Waals surface area contributed by atoms with E-state index in [1.54, 1.807) is 0 Å². The molecule has 0 bridgehead atoms. The molecule has 0 aromatic carbocycles. The van der Waals surface area contributed by atoms with Crippen molar-refractivity contribution < 1.29 is 5.11 Å². The molecular weight excluding hydrogens is 239 g/mol. The highest BCUT2D eigenvalue weighted by molar-refractivity contribution is 14.1. The summed E-state index contributed by atoms with van der Waals surface area (Å²) in [5, 5.41) is 9.39. The van der Waals surface area contributed by atoms with Gasteiger partial charge in [0.25, 0.3) is 0 Å². The Bertz CT molecular complexity index is 101. The van der Waals surface area contributed by atoms with Crippen molar-refractivity contribution in [1.29, 1.82) is 0 Å². The van der Waals surface area contributed by atoms with Crippen LogP contribution in [0.3, 0.4) is 0 Å². The Kier molecular flexibility index (Phi) is 6.43. The van der Waals surface area contributed by atoms with Crippen LogP contribution < -0.4 is 0 Å². The van der Waals surface area contributed by atoms with E-state index < -0.39 is 0 Å². The molecule has 0 amide bonds. The fourth-order valence-electron chi connectivity index (χ4n) is 0.695. The average molecular weight is 254 g/mol. The SMILES string of the molecule is CCC(C)C(O)CC=CI. The first kappa shape index (κ1) is 10.4. The highest BCUT2D eigenvalue weighted by atomic mass is 127. The van der Waals surface area contributed by atoms with E-state index in [2.05, 4.69) is 36.4 Å². The second kappa shape index (κ2) is 6.16. The Morgan fingerprint density at radius 3 is 2.60 bits per heavy atom. The first-order chi connectivity index (χ1) is 4.72. The highest BCUT2D eigenvalue weighted by Crippen LogP contribution is 2.11. The minimum atomic E-state index is -0.156. The molecule has 0 radical (unpaired) electrons. The second-order valence-corrected chi connectivity index (χ2v) is 3.27. The van der Waals surface area contributed by atoms with Crippen LogP contribution in [-0.4, -0.2) is 11.2 Å². The number of aliphatic hydroxyl groups is 1. The summed E-state index contributed by atoms with van der Waals surface area (Å²) in [6.07, 6.45) is 3.68. The van der Waals surface area contributed by atoms with Gasteiger partial charge in [-0.3, -0.25) is 0 Å². The Morgan fingerprint density at radius 2 is 2.20 bits per heavy atom. The molecule has 2 unspecified atom stereocenters. The minimum absolute atomic E-state index is 0.156. The third kappa shape index (κ3) is 4.28. The van der Waals surface area contributed by atoms with Crippen LogP contribution in [0.15, 0.2) is 10.2 Å². The van der Waals surface area contributed by atoms with Gasteiger partial charge < -0.3 is 5.11 Å². The quantitative estimate of drug-likeness (QED) is 0.765. The number of aliphatic hydroxyl groups excluding tert-OH is 1. The molecule has 60 valence electrons. The van der Waals surface area contributed by atoms with E-state index in [0.29, 0.717) is 5.92 Å². The predicted molar refractivity (Wildman–Crippen MR) is 53.2 cm³/mol. The van der Waals surface area contributed by atoms with Crippen molar-refractivity contribution in [2.75, 3.05) is 0 Å². The van der Waals surface area contributed by atoms with Crippen molar-refractivity contribution in [3.05, 3.63) is 10.2 Å². The summed E-state index contributed by atoms with van der Waals surface area (Å²) in [4.78, 5) is 0. The lowest BCUT2D eigenvalue weighted by Crippen LogP contribution is -2.15. The van der Waals surface area contributed by atoms with Crippen molar-refractivity contribution >= 4 is 22.6 Å². The lowest BCUT2D eigenvalue weighted by Gasteiger charge is -2.14. The molecule has 0 saturated heterocycles. The summed E-state index contributed by atoms with van der Waals surface area (Å²) in [5.74, 6) is 0.424. The number of hydrogen-bond donors (Lipinski definition) is 1. The second-order valence-electron chi connectivity index (χ2n) is 2.55. The van der Waals surface area contributed by atoms with Crippen LogP contribution in [0.2, 0.25) is 0 Å². The molecule has 0 aliphatic heterocycles. The van der Waals surface area contributed by atoms with Gasteiger partial charge in [0, 0.05) is 0 Å². The van der Waals surface area contributed by atoms with Gasteiger partial charge in [0.1, 0.15) is 0 Å². The van der Waals surface area contributed by atoms with E-state index >= 15 is 0 Å². The van der Waals surface area contributed by atoms with Crippen molar-refractivity contribution in [3.63, 3.8) is 0 Å². The van der Waals surface area contributed by atoms with E-state index in [0.717, 1.165) is 12.8 Å². The van der Waals surface area contributed by atoms with Crippen molar-refractivity contribution in [3.8, 4) is 0 Å². The summed E-state index contributed by atoms with van der Waals surface area (Å²) in [7, 11) is 0. The monoisotopic (exact) mass is 254 g/mol. The maximum Gasteiger partial charge on any atom is 0.0600 e. The molecule has 0 aliphatic rings. The third-order valence-corrected chi connectivity index (χ3v) is 2.28. The standard InChI is InChI=1S/C8H15IO/c1-3-7(2)8(10)5-4-6-9/h4,6-8,10H,3,5H2,1-2H3. The molecule has 1 N–H and O–H groups in total. The van der Waals surface area contributed by atoms with Crippen molar-refractivity contribution in [1.82, 2.24) is 0 Å². The number of rotatable bonds is 4. The Balaban J connectivity index is 3.50. The molecule has 0 aliphatic carbocycles. The molecule has 0 aromatic heterocycles. The fourth-order valence-corrected chi connectivity index (χ4v) is 0.989. The summed E-state index contributed by atoms with van der Waals surface area (Å²) in [5.41, 5.74) is 0. The molecule has 10 heavy (non-hydrogen) atoms. The highest BCUT2D eigenvalue weighted by Gasteiger charge is 2.08. The Hall–Kier alpha value is 0.430. The van der Waals surface area contributed by atoms with Gasteiger partial charge >= 0.3 is 0 Å².